The van der Waals surface area contributed by atoms with Crippen LogP contribution in [0, 0.1) is 0 Å². The van der Waals surface area contributed by atoms with Gasteiger partial charge in [-0.15, -0.1) is 6.58 Å². The maximum Gasteiger partial charge on any atom is 0.128 e. The van der Waals surface area contributed by atoms with Crippen molar-refractivity contribution in [1.29, 1.82) is 0 Å². The normalized spacial score (nSPS) is 11.4. The summed E-state index contributed by atoms with van der Waals surface area (Å²) in [5.74, 6) is 0.962. The maximum atomic E-state index is 6.22. The Morgan fingerprint density at radius 2 is 2.10 bits per heavy atom. The Bertz CT molecular complexity index is 438. The molecular weight excluding hydrogens is 270 g/mol. The molecule has 20 heavy (non-hydrogen) atoms. The van der Waals surface area contributed by atoms with Crippen LogP contribution >= 0.6 is 11.6 Å². The van der Waals surface area contributed by atoms with Crippen LogP contribution in [0.5, 0.6) is 0 Å². The van der Waals surface area contributed by atoms with Crippen LogP contribution in [0.2, 0.25) is 5.02 Å². The van der Waals surface area contributed by atoms with Crippen molar-refractivity contribution in [3.05, 3.63) is 35.5 Å². The van der Waals surface area contributed by atoms with Crippen LogP contribution in [0.15, 0.2) is 24.8 Å². The predicted molar refractivity (Wildman–Crippen MR) is 88.5 cm³/mol. The Morgan fingerprint density at radius 1 is 1.40 bits per heavy atom. The molecule has 0 bridgehead atoms. The number of allylic oxidation sites excluding steroid dienone is 1. The lowest BCUT2D eigenvalue weighted by Crippen LogP contribution is -2.35. The topological polar surface area (TPSA) is 28.2 Å². The van der Waals surface area contributed by atoms with E-state index in [9.17, 15) is 0 Å². The SMILES string of the molecule is C=CCCCN(C)c1ccc(Cl)c(CNC(C)(C)C)n1. The number of nitrogens with one attached hydrogen (secondary N) is 1. The van der Waals surface area contributed by atoms with E-state index in [1.807, 2.05) is 18.2 Å². The van der Waals surface area contributed by atoms with Gasteiger partial charge in [0, 0.05) is 25.7 Å². The first-order chi connectivity index (χ1) is 9.33. The Morgan fingerprint density at radius 3 is 2.70 bits per heavy atom. The number of aromatic nitrogens is 1. The van der Waals surface area contributed by atoms with E-state index in [0.717, 1.165) is 30.9 Å². The molecule has 0 unspecified atom stereocenters. The van der Waals surface area contributed by atoms with Crippen LogP contribution in [0.1, 0.15) is 39.3 Å². The first kappa shape index (κ1) is 17.0. The number of unbranched alkanes of at least 4 members (excludes halogenated alkanes) is 1. The summed E-state index contributed by atoms with van der Waals surface area (Å²) in [5, 5.41) is 4.13. The lowest BCUT2D eigenvalue weighted by Gasteiger charge is -2.22. The molecule has 0 atom stereocenters. The minimum absolute atomic E-state index is 0.0525. The second kappa shape index (κ2) is 7.65. The molecule has 0 spiro atoms. The summed E-state index contributed by atoms with van der Waals surface area (Å²) in [6.45, 7) is 11.8. The molecule has 0 fully saturated rings. The smallest absolute Gasteiger partial charge is 0.128 e. The zero-order chi connectivity index (χ0) is 15.2. The van der Waals surface area contributed by atoms with Crippen LogP contribution in [0.25, 0.3) is 0 Å². The molecule has 1 aromatic heterocycles. The van der Waals surface area contributed by atoms with Crippen molar-refractivity contribution in [2.75, 3.05) is 18.5 Å². The van der Waals surface area contributed by atoms with Crippen molar-refractivity contribution in [2.24, 2.45) is 0 Å². The van der Waals surface area contributed by atoms with Crippen LogP contribution in [-0.2, 0) is 6.54 Å². The molecule has 1 rings (SSSR count). The van der Waals surface area contributed by atoms with Gasteiger partial charge in [-0.1, -0.05) is 17.7 Å². The third-order valence-corrected chi connectivity index (χ3v) is 3.33. The minimum atomic E-state index is 0.0525. The number of nitrogens with zero attached hydrogens (tertiary/aromatic N) is 2. The van der Waals surface area contributed by atoms with Gasteiger partial charge < -0.3 is 10.2 Å². The molecule has 0 saturated carbocycles. The fourth-order valence-corrected chi connectivity index (χ4v) is 1.92. The van der Waals surface area contributed by atoms with Crippen LogP contribution in [0.3, 0.4) is 0 Å². The van der Waals surface area contributed by atoms with Gasteiger partial charge in [-0.05, 0) is 45.7 Å². The molecule has 0 aromatic carbocycles. The fourth-order valence-electron chi connectivity index (χ4n) is 1.75. The van der Waals surface area contributed by atoms with E-state index >= 15 is 0 Å². The van der Waals surface area contributed by atoms with Gasteiger partial charge in [-0.25, -0.2) is 4.98 Å². The number of pyridine rings is 1. The molecule has 0 amide bonds. The number of hydrogen-bond donors (Lipinski definition) is 1. The second-order valence-electron chi connectivity index (χ2n) is 6.05. The molecule has 0 aliphatic heterocycles. The monoisotopic (exact) mass is 295 g/mol. The largest absolute Gasteiger partial charge is 0.360 e. The zero-order valence-electron chi connectivity index (χ0n) is 13.0. The minimum Gasteiger partial charge on any atom is -0.360 e. The molecular formula is C16H26ClN3. The van der Waals surface area contributed by atoms with Gasteiger partial charge in [0.1, 0.15) is 5.82 Å². The molecule has 0 saturated heterocycles. The predicted octanol–water partition coefficient (Wildman–Crippen LogP) is 4.03. The first-order valence-corrected chi connectivity index (χ1v) is 7.44. The molecule has 112 valence electrons. The molecule has 4 heteroatoms. The molecule has 1 heterocycles. The van der Waals surface area contributed by atoms with Crippen molar-refractivity contribution in [2.45, 2.75) is 45.7 Å². The highest BCUT2D eigenvalue weighted by molar-refractivity contribution is 6.31. The number of halogens is 1. The van der Waals surface area contributed by atoms with E-state index in [0.29, 0.717) is 11.6 Å². The van der Waals surface area contributed by atoms with E-state index < -0.39 is 0 Å². The van der Waals surface area contributed by atoms with Gasteiger partial charge in [-0.2, -0.15) is 0 Å². The Hall–Kier alpha value is -1.06. The highest BCUT2D eigenvalue weighted by Gasteiger charge is 2.12. The Kier molecular flexibility index (Phi) is 6.50. The van der Waals surface area contributed by atoms with Crippen molar-refractivity contribution < 1.29 is 0 Å². The van der Waals surface area contributed by atoms with Crippen molar-refractivity contribution in [3.8, 4) is 0 Å². The molecule has 3 nitrogen and oxygen atoms in total. The first-order valence-electron chi connectivity index (χ1n) is 7.06. The number of rotatable bonds is 7. The third kappa shape index (κ3) is 5.93. The summed E-state index contributed by atoms with van der Waals surface area (Å²) in [5.41, 5.74) is 0.950. The van der Waals surface area contributed by atoms with Gasteiger partial charge in [0.05, 0.1) is 10.7 Å². The second-order valence-corrected chi connectivity index (χ2v) is 6.46. The summed E-state index contributed by atoms with van der Waals surface area (Å²) in [7, 11) is 2.06. The molecule has 0 aliphatic rings. The van der Waals surface area contributed by atoms with Crippen molar-refractivity contribution in [3.63, 3.8) is 0 Å². The number of hydrogen-bond acceptors (Lipinski definition) is 3. The van der Waals surface area contributed by atoms with Crippen LogP contribution in [-0.4, -0.2) is 24.1 Å². The molecule has 1 N–H and O–H groups in total. The lowest BCUT2D eigenvalue weighted by atomic mass is 10.1. The fraction of sp³-hybridized carbons (Fsp3) is 0.562. The van der Waals surface area contributed by atoms with Crippen LogP contribution in [0.4, 0.5) is 5.82 Å². The summed E-state index contributed by atoms with van der Waals surface area (Å²) in [6, 6.07) is 3.89. The van der Waals surface area contributed by atoms with Gasteiger partial charge in [0.2, 0.25) is 0 Å². The van der Waals surface area contributed by atoms with Gasteiger partial charge in [-0.3, -0.25) is 0 Å². The standard InChI is InChI=1S/C16H26ClN3/c1-6-7-8-11-20(5)15-10-9-13(17)14(19-15)12-18-16(2,3)4/h6,9-10,18H,1,7-8,11-12H2,2-5H3. The molecule has 1 aromatic rings. The van der Waals surface area contributed by atoms with Crippen molar-refractivity contribution in [1.82, 2.24) is 10.3 Å². The summed E-state index contributed by atoms with van der Waals surface area (Å²) in [4.78, 5) is 6.81. The number of anilines is 1. The summed E-state index contributed by atoms with van der Waals surface area (Å²) < 4.78 is 0. The third-order valence-electron chi connectivity index (χ3n) is 2.98. The highest BCUT2D eigenvalue weighted by atomic mass is 35.5. The summed E-state index contributed by atoms with van der Waals surface area (Å²) in [6.07, 6.45) is 4.05. The zero-order valence-corrected chi connectivity index (χ0v) is 13.8. The molecule has 0 radical (unpaired) electrons. The van der Waals surface area contributed by atoms with E-state index in [4.69, 9.17) is 11.6 Å². The summed E-state index contributed by atoms with van der Waals surface area (Å²) >= 11 is 6.22. The molecule has 0 aliphatic carbocycles. The van der Waals surface area contributed by atoms with E-state index in [1.54, 1.807) is 0 Å². The van der Waals surface area contributed by atoms with Crippen molar-refractivity contribution >= 4 is 17.4 Å². The van der Waals surface area contributed by atoms with Gasteiger partial charge >= 0.3 is 0 Å². The van der Waals surface area contributed by atoms with E-state index in [1.165, 1.54) is 0 Å². The lowest BCUT2D eigenvalue weighted by molar-refractivity contribution is 0.421. The van der Waals surface area contributed by atoms with E-state index in [-0.39, 0.29) is 5.54 Å². The quantitative estimate of drug-likeness (QED) is 0.608. The van der Waals surface area contributed by atoms with Gasteiger partial charge in [0.25, 0.3) is 0 Å². The Labute approximate surface area is 128 Å². The maximum absolute atomic E-state index is 6.22. The average molecular weight is 296 g/mol. The van der Waals surface area contributed by atoms with Crippen LogP contribution < -0.4 is 10.2 Å². The average Bonchev–Trinajstić information content (AvgIpc) is 2.37. The van der Waals surface area contributed by atoms with E-state index in [2.05, 4.69) is 49.6 Å². The highest BCUT2D eigenvalue weighted by Crippen LogP contribution is 2.19. The Balaban J connectivity index is 2.72. The van der Waals surface area contributed by atoms with Gasteiger partial charge in [0.15, 0.2) is 0 Å².